The Labute approximate surface area is 273 Å². The van der Waals surface area contributed by atoms with E-state index in [1.54, 1.807) is 35.9 Å². The Hall–Kier alpha value is -4.76. The van der Waals surface area contributed by atoms with Crippen molar-refractivity contribution in [2.45, 2.75) is 82.5 Å². The lowest BCUT2D eigenvalue weighted by molar-refractivity contribution is -0.131. The van der Waals surface area contributed by atoms with Gasteiger partial charge in [-0.05, 0) is 105 Å². The van der Waals surface area contributed by atoms with Crippen molar-refractivity contribution in [3.8, 4) is 6.07 Å². The number of rotatable bonds is 9. The zero-order valence-corrected chi connectivity index (χ0v) is 27.4. The van der Waals surface area contributed by atoms with Crippen LogP contribution in [0.5, 0.6) is 0 Å². The van der Waals surface area contributed by atoms with Gasteiger partial charge in [0.15, 0.2) is 5.82 Å². The summed E-state index contributed by atoms with van der Waals surface area (Å²) in [5, 5.41) is 18.5. The average Bonchev–Trinajstić information content (AvgIpc) is 3.59. The zero-order valence-electron chi connectivity index (χ0n) is 27.4. The van der Waals surface area contributed by atoms with Gasteiger partial charge < -0.3 is 25.4 Å². The van der Waals surface area contributed by atoms with Crippen molar-refractivity contribution in [3.05, 3.63) is 86.2 Å². The highest BCUT2D eigenvalue weighted by atomic mass is 16.5. The topological polar surface area (TPSA) is 162 Å². The molecule has 6 rings (SSSR count). The van der Waals surface area contributed by atoms with Crippen LogP contribution in [-0.4, -0.2) is 71.1 Å². The molecule has 0 radical (unpaired) electrons. The van der Waals surface area contributed by atoms with E-state index in [4.69, 9.17) is 4.52 Å². The molecule has 47 heavy (non-hydrogen) atoms. The van der Waals surface area contributed by atoms with Gasteiger partial charge in [-0.25, -0.2) is 4.79 Å². The van der Waals surface area contributed by atoms with Gasteiger partial charge in [0.25, 0.3) is 11.8 Å². The van der Waals surface area contributed by atoms with Crippen molar-refractivity contribution in [1.82, 2.24) is 30.6 Å². The van der Waals surface area contributed by atoms with Crippen LogP contribution in [0.3, 0.4) is 0 Å². The number of aryl methyl sites for hydroxylation is 2. The number of hydrogen-bond donors (Lipinski definition) is 3. The van der Waals surface area contributed by atoms with Gasteiger partial charge in [0.05, 0.1) is 24.1 Å². The fraction of sp³-hybridized carbons (Fsp3) is 0.486. The number of fused-ring (bicyclic) bond motifs is 3. The number of piperidine rings is 1. The number of hydrogen-bond acceptors (Lipinski definition) is 8. The minimum atomic E-state index is -1.07. The second-order valence-electron chi connectivity index (χ2n) is 13.3. The molecule has 3 N–H and O–H groups in total. The summed E-state index contributed by atoms with van der Waals surface area (Å²) in [5.74, 6) is -0.432. The average molecular weight is 640 g/mol. The van der Waals surface area contributed by atoms with E-state index in [0.717, 1.165) is 35.1 Å². The van der Waals surface area contributed by atoms with Crippen LogP contribution < -0.4 is 21.7 Å². The van der Waals surface area contributed by atoms with Gasteiger partial charge in [-0.15, -0.1) is 0 Å². The number of carbonyl (C=O) groups excluding carboxylic acids is 3. The smallest absolute Gasteiger partial charge is 0.355 e. The lowest BCUT2D eigenvalue weighted by Crippen LogP contribution is -2.47. The van der Waals surface area contributed by atoms with E-state index in [0.29, 0.717) is 42.1 Å². The molecule has 3 aromatic rings. The summed E-state index contributed by atoms with van der Waals surface area (Å²) in [4.78, 5) is 58.1. The SMILES string of the molecule is CNC(=O)c1ccc2c(c1)CCc1cc(C(=O)NC)ccc1C2(C[C@H](C)NCC(=O)N1[C@H](C#N)C[C@@H]2C[C@@H]21)c1nc(=O)on1C(C)C. The molecule has 12 nitrogen and oxygen atoms in total. The molecule has 3 aliphatic rings. The van der Waals surface area contributed by atoms with Crippen LogP contribution in [0.2, 0.25) is 0 Å². The number of amides is 3. The lowest BCUT2D eigenvalue weighted by Gasteiger charge is -2.38. The van der Waals surface area contributed by atoms with Crippen LogP contribution in [0.4, 0.5) is 0 Å². The molecule has 12 heteroatoms. The van der Waals surface area contributed by atoms with E-state index < -0.39 is 17.2 Å². The third kappa shape index (κ3) is 5.63. The van der Waals surface area contributed by atoms with E-state index in [2.05, 4.69) is 27.0 Å². The number of carbonyl (C=O) groups is 3. The Balaban J connectivity index is 1.50. The Morgan fingerprint density at radius 3 is 2.13 bits per heavy atom. The Kier molecular flexibility index (Phi) is 8.53. The van der Waals surface area contributed by atoms with Crippen molar-refractivity contribution in [2.24, 2.45) is 5.92 Å². The minimum absolute atomic E-state index is 0.0549. The van der Waals surface area contributed by atoms with Crippen LogP contribution in [0.15, 0.2) is 45.7 Å². The Bertz CT molecular complexity index is 1770. The second kappa shape index (κ2) is 12.4. The first kappa shape index (κ1) is 32.2. The molecule has 0 spiro atoms. The second-order valence-corrected chi connectivity index (χ2v) is 13.3. The first-order chi connectivity index (χ1) is 22.5. The monoisotopic (exact) mass is 639 g/mol. The van der Waals surface area contributed by atoms with Crippen molar-refractivity contribution >= 4 is 17.7 Å². The highest BCUT2D eigenvalue weighted by Gasteiger charge is 2.54. The highest BCUT2D eigenvalue weighted by Crippen LogP contribution is 2.49. The summed E-state index contributed by atoms with van der Waals surface area (Å²) < 4.78 is 7.23. The Morgan fingerprint density at radius 1 is 1.00 bits per heavy atom. The van der Waals surface area contributed by atoms with Gasteiger partial charge in [-0.1, -0.05) is 12.1 Å². The van der Waals surface area contributed by atoms with Crippen LogP contribution >= 0.6 is 0 Å². The van der Waals surface area contributed by atoms with Gasteiger partial charge in [0, 0.05) is 37.3 Å². The molecule has 1 aliphatic heterocycles. The molecule has 4 atom stereocenters. The molecule has 0 unspecified atom stereocenters. The van der Waals surface area contributed by atoms with Crippen molar-refractivity contribution in [1.29, 1.82) is 5.26 Å². The molecule has 246 valence electrons. The van der Waals surface area contributed by atoms with Gasteiger partial charge in [-0.2, -0.15) is 15.0 Å². The van der Waals surface area contributed by atoms with Gasteiger partial charge in [0.2, 0.25) is 5.91 Å². The summed E-state index contributed by atoms with van der Waals surface area (Å²) in [5.41, 5.74) is 3.49. The van der Waals surface area contributed by atoms with Crippen LogP contribution in [0.25, 0.3) is 0 Å². The Morgan fingerprint density at radius 2 is 1.60 bits per heavy atom. The summed E-state index contributed by atoms with van der Waals surface area (Å²) in [6, 6.07) is 12.7. The van der Waals surface area contributed by atoms with E-state index in [9.17, 15) is 24.4 Å². The van der Waals surface area contributed by atoms with E-state index >= 15 is 0 Å². The number of nitriles is 1. The number of likely N-dealkylation sites (tertiary alicyclic amines) is 1. The molecule has 0 bridgehead atoms. The maximum Gasteiger partial charge on any atom is 0.459 e. The molecule has 1 aromatic heterocycles. The van der Waals surface area contributed by atoms with Gasteiger partial charge in [-0.3, -0.25) is 14.4 Å². The molecule has 1 saturated heterocycles. The summed E-state index contributed by atoms with van der Waals surface area (Å²) in [7, 11) is 3.17. The number of aromatic nitrogens is 2. The minimum Gasteiger partial charge on any atom is -0.355 e. The summed E-state index contributed by atoms with van der Waals surface area (Å²) in [6.07, 6.45) is 3.19. The molecule has 1 saturated carbocycles. The first-order valence-electron chi connectivity index (χ1n) is 16.3. The maximum atomic E-state index is 13.4. The van der Waals surface area contributed by atoms with Gasteiger partial charge in [0.1, 0.15) is 6.04 Å². The van der Waals surface area contributed by atoms with E-state index in [1.807, 2.05) is 45.0 Å². The molecular weight excluding hydrogens is 598 g/mol. The molecule has 2 fully saturated rings. The molecule has 3 amide bonds. The third-order valence-corrected chi connectivity index (χ3v) is 9.96. The first-order valence-corrected chi connectivity index (χ1v) is 16.3. The summed E-state index contributed by atoms with van der Waals surface area (Å²) in [6.45, 7) is 5.87. The standard InChI is InChI=1S/C35H41N7O5/c1-19(2)42-33(40-34(46)47-42)35(16-20(3)39-18-30(43)41-26(17-36)14-25-15-29(25)41)27-10-8-23(31(44)37-4)12-21(27)6-7-22-13-24(32(45)38-5)9-11-28(22)35/h8-13,19-20,25-26,29,39H,6-7,14-16,18H2,1-5H3,(H,37,44)(H,38,45)/t20-,25+,26-,29-/m0/s1. The maximum absolute atomic E-state index is 13.4. The van der Waals surface area contributed by atoms with Crippen molar-refractivity contribution in [3.63, 3.8) is 0 Å². The van der Waals surface area contributed by atoms with Gasteiger partial charge >= 0.3 is 5.76 Å². The number of nitrogens with one attached hydrogen (secondary N) is 3. The largest absolute Gasteiger partial charge is 0.459 e. The van der Waals surface area contributed by atoms with Crippen LogP contribution in [0, 0.1) is 17.2 Å². The number of nitrogens with zero attached hydrogens (tertiary/aromatic N) is 4. The quantitative estimate of drug-likeness (QED) is 0.322. The predicted molar refractivity (Wildman–Crippen MR) is 173 cm³/mol. The molecule has 2 aliphatic carbocycles. The predicted octanol–water partition coefficient (Wildman–Crippen LogP) is 2.45. The molecular formula is C35H41N7O5. The normalized spacial score (nSPS) is 21.1. The van der Waals surface area contributed by atoms with E-state index in [1.165, 1.54) is 0 Å². The fourth-order valence-corrected chi connectivity index (χ4v) is 7.70. The fourth-order valence-electron chi connectivity index (χ4n) is 7.70. The van der Waals surface area contributed by atoms with Crippen molar-refractivity contribution in [2.75, 3.05) is 20.6 Å². The van der Waals surface area contributed by atoms with Crippen LogP contribution in [0.1, 0.15) is 94.9 Å². The summed E-state index contributed by atoms with van der Waals surface area (Å²) >= 11 is 0. The highest BCUT2D eigenvalue weighted by molar-refractivity contribution is 5.95. The van der Waals surface area contributed by atoms with Crippen molar-refractivity contribution < 1.29 is 18.9 Å². The molecule has 2 heterocycles. The van der Waals surface area contributed by atoms with Crippen LogP contribution in [-0.2, 0) is 23.1 Å². The lowest BCUT2D eigenvalue weighted by atomic mass is 9.67. The number of benzene rings is 2. The zero-order chi connectivity index (χ0) is 33.6. The molecule has 2 aromatic carbocycles. The third-order valence-electron chi connectivity index (χ3n) is 9.96. The van der Waals surface area contributed by atoms with E-state index in [-0.39, 0.29) is 42.4 Å².